The van der Waals surface area contributed by atoms with Crippen molar-refractivity contribution >= 4 is 5.97 Å². The largest absolute Gasteiger partial charge is 0.448 e. The molecule has 0 radical (unpaired) electrons. The van der Waals surface area contributed by atoms with Crippen LogP contribution in [0.25, 0.3) is 0 Å². The molecule has 14 heavy (non-hydrogen) atoms. The van der Waals surface area contributed by atoms with E-state index in [0.29, 0.717) is 12.2 Å². The second-order valence-corrected chi connectivity index (χ2v) is 3.60. The van der Waals surface area contributed by atoms with E-state index in [0.717, 1.165) is 5.56 Å². The third kappa shape index (κ3) is 1.21. The quantitative estimate of drug-likeness (QED) is 0.669. The number of cyclic esters (lactones) is 1. The van der Waals surface area contributed by atoms with Gasteiger partial charge >= 0.3 is 5.97 Å². The third-order valence-electron chi connectivity index (χ3n) is 2.45. The van der Waals surface area contributed by atoms with Crippen LogP contribution in [0.4, 0.5) is 0 Å². The average Bonchev–Trinajstić information content (AvgIpc) is 2.41. The summed E-state index contributed by atoms with van der Waals surface area (Å²) >= 11 is 0. The van der Waals surface area contributed by atoms with Crippen LogP contribution in [0, 0.1) is 0 Å². The monoisotopic (exact) mass is 192 g/mol. The van der Waals surface area contributed by atoms with Gasteiger partial charge in [0.05, 0.1) is 12.2 Å². The molecule has 3 heteroatoms. The third-order valence-corrected chi connectivity index (χ3v) is 2.45. The summed E-state index contributed by atoms with van der Waals surface area (Å²) in [5.41, 5.74) is 0.932. The molecule has 0 fully saturated rings. The van der Waals surface area contributed by atoms with E-state index in [1.54, 1.807) is 13.2 Å². The SMILES string of the molecule is COCC1(C)OC(=O)c2ccccc21. The maximum absolute atomic E-state index is 11.5. The van der Waals surface area contributed by atoms with Crippen molar-refractivity contribution in [1.82, 2.24) is 0 Å². The maximum Gasteiger partial charge on any atom is 0.339 e. The lowest BCUT2D eigenvalue weighted by molar-refractivity contribution is -0.0384. The average molecular weight is 192 g/mol. The van der Waals surface area contributed by atoms with Crippen LogP contribution in [-0.2, 0) is 15.1 Å². The molecule has 0 saturated carbocycles. The molecule has 1 aliphatic rings. The van der Waals surface area contributed by atoms with Crippen LogP contribution in [0.5, 0.6) is 0 Å². The minimum absolute atomic E-state index is 0.264. The molecule has 1 heterocycles. The first-order chi connectivity index (χ1) is 6.67. The van der Waals surface area contributed by atoms with Gasteiger partial charge in [-0.05, 0) is 13.0 Å². The second kappa shape index (κ2) is 3.10. The Morgan fingerprint density at radius 2 is 2.14 bits per heavy atom. The highest BCUT2D eigenvalue weighted by Crippen LogP contribution is 2.35. The van der Waals surface area contributed by atoms with E-state index in [2.05, 4.69) is 0 Å². The summed E-state index contributed by atoms with van der Waals surface area (Å²) in [7, 11) is 1.60. The molecule has 0 N–H and O–H groups in total. The Balaban J connectivity index is 2.48. The fourth-order valence-electron chi connectivity index (χ4n) is 1.82. The van der Waals surface area contributed by atoms with E-state index < -0.39 is 5.60 Å². The molecule has 0 aromatic heterocycles. The van der Waals surface area contributed by atoms with Gasteiger partial charge < -0.3 is 9.47 Å². The lowest BCUT2D eigenvalue weighted by atomic mass is 9.95. The van der Waals surface area contributed by atoms with Gasteiger partial charge in [0.15, 0.2) is 5.60 Å². The summed E-state index contributed by atoms with van der Waals surface area (Å²) in [6.07, 6.45) is 0. The summed E-state index contributed by atoms with van der Waals surface area (Å²) in [4.78, 5) is 11.5. The number of carbonyl (C=O) groups is 1. The lowest BCUT2D eigenvalue weighted by Crippen LogP contribution is -2.27. The first-order valence-corrected chi connectivity index (χ1v) is 4.49. The maximum atomic E-state index is 11.5. The number of hydrogen-bond acceptors (Lipinski definition) is 3. The van der Waals surface area contributed by atoms with Gasteiger partial charge in [-0.15, -0.1) is 0 Å². The van der Waals surface area contributed by atoms with Crippen LogP contribution in [0.15, 0.2) is 24.3 Å². The van der Waals surface area contributed by atoms with Crippen molar-refractivity contribution in [3.63, 3.8) is 0 Å². The van der Waals surface area contributed by atoms with Gasteiger partial charge in [0.25, 0.3) is 0 Å². The first kappa shape index (κ1) is 9.21. The molecule has 0 bridgehead atoms. The second-order valence-electron chi connectivity index (χ2n) is 3.60. The zero-order valence-corrected chi connectivity index (χ0v) is 8.24. The predicted octanol–water partition coefficient (Wildman–Crippen LogP) is 1.72. The van der Waals surface area contributed by atoms with Crippen molar-refractivity contribution in [2.75, 3.05) is 13.7 Å². The van der Waals surface area contributed by atoms with E-state index >= 15 is 0 Å². The topological polar surface area (TPSA) is 35.5 Å². The smallest absolute Gasteiger partial charge is 0.339 e. The summed E-state index contributed by atoms with van der Waals surface area (Å²) < 4.78 is 10.4. The molecule has 1 aliphatic heterocycles. The highest BCUT2D eigenvalue weighted by molar-refractivity contribution is 5.94. The van der Waals surface area contributed by atoms with Gasteiger partial charge in [0.2, 0.25) is 0 Å². The zero-order valence-electron chi connectivity index (χ0n) is 8.24. The highest BCUT2D eigenvalue weighted by Gasteiger charge is 2.41. The summed E-state index contributed by atoms with van der Waals surface area (Å²) in [5.74, 6) is -0.264. The van der Waals surface area contributed by atoms with Crippen LogP contribution in [-0.4, -0.2) is 19.7 Å². The first-order valence-electron chi connectivity index (χ1n) is 4.49. The van der Waals surface area contributed by atoms with E-state index in [1.807, 2.05) is 25.1 Å². The van der Waals surface area contributed by atoms with Crippen molar-refractivity contribution in [1.29, 1.82) is 0 Å². The van der Waals surface area contributed by atoms with Crippen LogP contribution < -0.4 is 0 Å². The number of rotatable bonds is 2. The van der Waals surface area contributed by atoms with Crippen molar-refractivity contribution in [3.05, 3.63) is 35.4 Å². The number of carbonyl (C=O) groups excluding carboxylic acids is 1. The molecule has 1 aromatic rings. The van der Waals surface area contributed by atoms with Gasteiger partial charge in [-0.3, -0.25) is 0 Å². The fourth-order valence-corrected chi connectivity index (χ4v) is 1.82. The van der Waals surface area contributed by atoms with Crippen molar-refractivity contribution in [3.8, 4) is 0 Å². The molecule has 0 amide bonds. The molecule has 1 atom stereocenters. The van der Waals surface area contributed by atoms with Gasteiger partial charge in [-0.25, -0.2) is 4.79 Å². The van der Waals surface area contributed by atoms with Gasteiger partial charge in [-0.1, -0.05) is 18.2 Å². The number of fused-ring (bicyclic) bond motifs is 1. The van der Waals surface area contributed by atoms with Crippen molar-refractivity contribution in [2.24, 2.45) is 0 Å². The molecule has 3 nitrogen and oxygen atoms in total. The molecule has 0 saturated heterocycles. The Morgan fingerprint density at radius 3 is 2.86 bits per heavy atom. The Morgan fingerprint density at radius 1 is 1.43 bits per heavy atom. The Kier molecular flexibility index (Phi) is 2.04. The summed E-state index contributed by atoms with van der Waals surface area (Å²) in [6, 6.07) is 7.41. The standard InChI is InChI=1S/C11H12O3/c1-11(7-13-2)9-6-4-3-5-8(9)10(12)14-11/h3-6H,7H2,1-2H3. The number of benzene rings is 1. The van der Waals surface area contributed by atoms with Crippen molar-refractivity contribution in [2.45, 2.75) is 12.5 Å². The van der Waals surface area contributed by atoms with E-state index in [1.165, 1.54) is 0 Å². The minimum atomic E-state index is -0.623. The minimum Gasteiger partial charge on any atom is -0.448 e. The summed E-state index contributed by atoms with van der Waals surface area (Å²) in [6.45, 7) is 2.25. The normalized spacial score (nSPS) is 24.6. The fraction of sp³-hybridized carbons (Fsp3) is 0.364. The number of ether oxygens (including phenoxy) is 2. The number of hydrogen-bond donors (Lipinski definition) is 0. The number of esters is 1. The van der Waals surface area contributed by atoms with E-state index in [9.17, 15) is 4.79 Å². The van der Waals surface area contributed by atoms with Crippen LogP contribution in [0.1, 0.15) is 22.8 Å². The molecule has 74 valence electrons. The van der Waals surface area contributed by atoms with Crippen molar-refractivity contribution < 1.29 is 14.3 Å². The van der Waals surface area contributed by atoms with Crippen LogP contribution in [0.2, 0.25) is 0 Å². The molecule has 0 spiro atoms. The van der Waals surface area contributed by atoms with E-state index in [-0.39, 0.29) is 5.97 Å². The lowest BCUT2D eigenvalue weighted by Gasteiger charge is -2.22. The van der Waals surface area contributed by atoms with Crippen LogP contribution in [0.3, 0.4) is 0 Å². The van der Waals surface area contributed by atoms with Gasteiger partial charge in [0.1, 0.15) is 0 Å². The predicted molar refractivity (Wildman–Crippen MR) is 51.1 cm³/mol. The Hall–Kier alpha value is -1.35. The van der Waals surface area contributed by atoms with E-state index in [4.69, 9.17) is 9.47 Å². The Bertz CT molecular complexity index is 373. The molecule has 1 unspecified atom stereocenters. The van der Waals surface area contributed by atoms with Crippen LogP contribution >= 0.6 is 0 Å². The van der Waals surface area contributed by atoms with Gasteiger partial charge in [-0.2, -0.15) is 0 Å². The number of methoxy groups -OCH3 is 1. The summed E-state index contributed by atoms with van der Waals surface area (Å²) in [5, 5.41) is 0. The molecular weight excluding hydrogens is 180 g/mol. The Labute approximate surface area is 82.6 Å². The molecular formula is C11H12O3. The molecule has 0 aliphatic carbocycles. The highest BCUT2D eigenvalue weighted by atomic mass is 16.6. The molecule has 2 rings (SSSR count). The molecule has 1 aromatic carbocycles. The zero-order chi connectivity index (χ0) is 10.2. The van der Waals surface area contributed by atoms with Gasteiger partial charge in [0, 0.05) is 12.7 Å².